The van der Waals surface area contributed by atoms with Gasteiger partial charge in [-0.1, -0.05) is 17.7 Å². The Hall–Kier alpha value is -4.44. The van der Waals surface area contributed by atoms with Crippen molar-refractivity contribution in [2.75, 3.05) is 39.5 Å². The maximum atomic E-state index is 13.6. The summed E-state index contributed by atoms with van der Waals surface area (Å²) in [7, 11) is 0. The van der Waals surface area contributed by atoms with Crippen molar-refractivity contribution in [3.63, 3.8) is 0 Å². The van der Waals surface area contributed by atoms with Crippen LogP contribution in [0.5, 0.6) is 17.2 Å². The number of rotatable bonds is 10. The van der Waals surface area contributed by atoms with Crippen molar-refractivity contribution in [1.82, 2.24) is 14.5 Å². The van der Waals surface area contributed by atoms with Crippen molar-refractivity contribution >= 4 is 45.0 Å². The van der Waals surface area contributed by atoms with Crippen molar-refractivity contribution in [3.8, 4) is 17.2 Å². The number of ether oxygens (including phenoxy) is 3. The number of benzene rings is 3. The van der Waals surface area contributed by atoms with Gasteiger partial charge in [0.15, 0.2) is 6.61 Å². The second-order valence-corrected chi connectivity index (χ2v) is 10.5. The molecule has 0 unspecified atom stereocenters. The van der Waals surface area contributed by atoms with E-state index in [1.165, 1.54) is 0 Å². The standard InChI is InChI=1S/C32H29ClN4O5/c33-23-4-3-21-16-31(27(32(34)39)15-22(21)14-23)41-20-30(38)28-19-37(9-8-36-10-12-40-13-11-36)29-17-24(5-6-26(28)29)42-25-2-1-7-35-18-25/h1-7,14-19H,8-13,20H2,(H2,34,39). The minimum Gasteiger partial charge on any atom is -0.485 e. The molecule has 0 saturated carbocycles. The summed E-state index contributed by atoms with van der Waals surface area (Å²) in [4.78, 5) is 32.2. The summed E-state index contributed by atoms with van der Waals surface area (Å²) in [5, 5.41) is 2.89. The van der Waals surface area contributed by atoms with Gasteiger partial charge >= 0.3 is 0 Å². The van der Waals surface area contributed by atoms with E-state index in [-0.39, 0.29) is 23.7 Å². The lowest BCUT2D eigenvalue weighted by Gasteiger charge is -2.26. The molecule has 0 aliphatic carbocycles. The Morgan fingerprint density at radius 2 is 1.81 bits per heavy atom. The number of pyridine rings is 1. The van der Waals surface area contributed by atoms with Gasteiger partial charge in [0.1, 0.15) is 17.2 Å². The number of primary amides is 1. The van der Waals surface area contributed by atoms with Gasteiger partial charge in [-0.2, -0.15) is 0 Å². The average molecular weight is 585 g/mol. The van der Waals surface area contributed by atoms with Crippen LogP contribution >= 0.6 is 11.6 Å². The van der Waals surface area contributed by atoms with E-state index in [1.807, 2.05) is 42.6 Å². The Bertz CT molecular complexity index is 1770. The van der Waals surface area contributed by atoms with Crippen molar-refractivity contribution in [3.05, 3.63) is 95.4 Å². The highest BCUT2D eigenvalue weighted by Crippen LogP contribution is 2.31. The molecule has 0 bridgehead atoms. The van der Waals surface area contributed by atoms with Crippen LogP contribution in [0.25, 0.3) is 21.7 Å². The van der Waals surface area contributed by atoms with Crippen LogP contribution in [-0.2, 0) is 11.3 Å². The molecule has 6 rings (SSSR count). The Morgan fingerprint density at radius 3 is 2.60 bits per heavy atom. The fraction of sp³-hybridized carbons (Fsp3) is 0.219. The molecule has 0 radical (unpaired) electrons. The Morgan fingerprint density at radius 1 is 0.952 bits per heavy atom. The molecule has 5 aromatic rings. The van der Waals surface area contributed by atoms with Crippen LogP contribution in [0.4, 0.5) is 0 Å². The van der Waals surface area contributed by atoms with E-state index in [2.05, 4.69) is 14.5 Å². The number of fused-ring (bicyclic) bond motifs is 2. The number of carbonyl (C=O) groups excluding carboxylic acids is 2. The lowest BCUT2D eigenvalue weighted by atomic mass is 10.1. The van der Waals surface area contributed by atoms with Crippen molar-refractivity contribution < 1.29 is 23.8 Å². The molecule has 3 heterocycles. The lowest BCUT2D eigenvalue weighted by Crippen LogP contribution is -2.38. The third-order valence-corrected chi connectivity index (χ3v) is 7.55. The molecule has 0 spiro atoms. The predicted octanol–water partition coefficient (Wildman–Crippen LogP) is 5.33. The quantitative estimate of drug-likeness (QED) is 0.221. The normalized spacial score (nSPS) is 13.8. The number of Topliss-reactive ketones (excluding diaryl/α,β-unsaturated/α-hetero) is 1. The number of hydrogen-bond acceptors (Lipinski definition) is 7. The van der Waals surface area contributed by atoms with Crippen LogP contribution in [0.2, 0.25) is 5.02 Å². The minimum atomic E-state index is -0.653. The van der Waals surface area contributed by atoms with Crippen LogP contribution in [0, 0.1) is 0 Å². The van der Waals surface area contributed by atoms with E-state index in [4.69, 9.17) is 31.5 Å². The van der Waals surface area contributed by atoms with Crippen molar-refractivity contribution in [2.24, 2.45) is 5.73 Å². The van der Waals surface area contributed by atoms with Crippen LogP contribution in [0.15, 0.2) is 79.3 Å². The predicted molar refractivity (Wildman–Crippen MR) is 161 cm³/mol. The molecule has 1 aliphatic heterocycles. The highest BCUT2D eigenvalue weighted by molar-refractivity contribution is 6.31. The maximum absolute atomic E-state index is 13.6. The van der Waals surface area contributed by atoms with Crippen LogP contribution < -0.4 is 15.2 Å². The third kappa shape index (κ3) is 6.08. The zero-order valence-corrected chi connectivity index (χ0v) is 23.5. The molecule has 3 aromatic carbocycles. The highest BCUT2D eigenvalue weighted by atomic mass is 35.5. The zero-order chi connectivity index (χ0) is 29.1. The van der Waals surface area contributed by atoms with E-state index in [0.29, 0.717) is 41.8 Å². The summed E-state index contributed by atoms with van der Waals surface area (Å²) in [5.41, 5.74) is 7.21. The van der Waals surface area contributed by atoms with Crippen LogP contribution in [-0.4, -0.2) is 65.6 Å². The topological polar surface area (TPSA) is 109 Å². The summed E-state index contributed by atoms with van der Waals surface area (Å²) in [6, 6.07) is 17.9. The third-order valence-electron chi connectivity index (χ3n) is 7.31. The monoisotopic (exact) mass is 584 g/mol. The summed E-state index contributed by atoms with van der Waals surface area (Å²) in [5.74, 6) is 0.626. The number of morpholine rings is 1. The van der Waals surface area contributed by atoms with E-state index in [1.54, 1.807) is 36.7 Å². The first-order valence-electron chi connectivity index (χ1n) is 13.6. The van der Waals surface area contributed by atoms with Crippen molar-refractivity contribution in [2.45, 2.75) is 6.54 Å². The Kier molecular flexibility index (Phi) is 8.05. The lowest BCUT2D eigenvalue weighted by molar-refractivity contribution is 0.0365. The van der Waals surface area contributed by atoms with Gasteiger partial charge in [0.25, 0.3) is 5.91 Å². The molecule has 214 valence electrons. The second-order valence-electron chi connectivity index (χ2n) is 10.1. The van der Waals surface area contributed by atoms with Crippen LogP contribution in [0.3, 0.4) is 0 Å². The minimum absolute atomic E-state index is 0.183. The molecule has 0 atom stereocenters. The summed E-state index contributed by atoms with van der Waals surface area (Å²) in [6.45, 7) is 4.39. The number of aromatic nitrogens is 2. The molecule has 1 aliphatic rings. The first-order chi connectivity index (χ1) is 20.4. The molecule has 1 fully saturated rings. The zero-order valence-electron chi connectivity index (χ0n) is 22.8. The molecule has 42 heavy (non-hydrogen) atoms. The Balaban J connectivity index is 1.28. The van der Waals surface area contributed by atoms with Gasteiger partial charge in [-0.05, 0) is 59.3 Å². The summed E-state index contributed by atoms with van der Waals surface area (Å²) >= 11 is 6.11. The van der Waals surface area contributed by atoms with E-state index in [9.17, 15) is 9.59 Å². The molecule has 1 saturated heterocycles. The van der Waals surface area contributed by atoms with Gasteiger partial charge in [0, 0.05) is 60.6 Å². The molecule has 2 aromatic heterocycles. The fourth-order valence-corrected chi connectivity index (χ4v) is 5.32. The van der Waals surface area contributed by atoms with E-state index < -0.39 is 5.91 Å². The number of halogens is 1. The van der Waals surface area contributed by atoms with Gasteiger partial charge in [0.05, 0.1) is 30.5 Å². The molecule has 10 heteroatoms. The van der Waals surface area contributed by atoms with Crippen molar-refractivity contribution in [1.29, 1.82) is 0 Å². The first kappa shape index (κ1) is 27.7. The van der Waals surface area contributed by atoms with E-state index in [0.717, 1.165) is 41.3 Å². The van der Waals surface area contributed by atoms with Gasteiger partial charge < -0.3 is 24.5 Å². The molecular weight excluding hydrogens is 556 g/mol. The number of hydrogen-bond donors (Lipinski definition) is 1. The maximum Gasteiger partial charge on any atom is 0.252 e. The molecule has 9 nitrogen and oxygen atoms in total. The van der Waals surface area contributed by atoms with Gasteiger partial charge in [0.2, 0.25) is 5.78 Å². The largest absolute Gasteiger partial charge is 0.485 e. The summed E-state index contributed by atoms with van der Waals surface area (Å²) in [6.07, 6.45) is 5.20. The number of carbonyl (C=O) groups is 2. The van der Waals surface area contributed by atoms with Gasteiger partial charge in [-0.3, -0.25) is 19.5 Å². The molecular formula is C32H29ClN4O5. The van der Waals surface area contributed by atoms with E-state index >= 15 is 0 Å². The fourth-order valence-electron chi connectivity index (χ4n) is 5.14. The van der Waals surface area contributed by atoms with Crippen LogP contribution in [0.1, 0.15) is 20.7 Å². The number of nitrogens with zero attached hydrogens (tertiary/aromatic N) is 3. The highest BCUT2D eigenvalue weighted by Gasteiger charge is 2.20. The number of ketones is 1. The number of nitrogens with two attached hydrogens (primary N) is 1. The first-order valence-corrected chi connectivity index (χ1v) is 14.0. The van der Waals surface area contributed by atoms with Gasteiger partial charge in [-0.25, -0.2) is 0 Å². The average Bonchev–Trinajstić information content (AvgIpc) is 3.37. The smallest absolute Gasteiger partial charge is 0.252 e. The summed E-state index contributed by atoms with van der Waals surface area (Å²) < 4.78 is 19.5. The van der Waals surface area contributed by atoms with Gasteiger partial charge in [-0.15, -0.1) is 0 Å². The Labute approximate surface area is 247 Å². The number of amides is 1. The molecule has 2 N–H and O–H groups in total. The molecule has 1 amide bonds. The second kappa shape index (κ2) is 12.2. The SMILES string of the molecule is NC(=O)c1cc2cc(Cl)ccc2cc1OCC(=O)c1cn(CCN2CCOCC2)c2cc(Oc3cccnc3)ccc12.